The number of benzene rings is 1. The molecule has 1 aliphatic heterocycles. The first-order valence-electron chi connectivity index (χ1n) is 8.33. The SMILES string of the molecule is CCC1(CO)CCN(C(C)C(=O)Nc2cccc(Cl)c2C)CC1. The number of hydrogen-bond donors (Lipinski definition) is 2. The summed E-state index contributed by atoms with van der Waals surface area (Å²) in [6, 6.07) is 5.34. The Morgan fingerprint density at radius 1 is 1.43 bits per heavy atom. The Bertz CT molecular complexity index is 548. The van der Waals surface area contributed by atoms with Crippen molar-refractivity contribution in [3.8, 4) is 0 Å². The number of aliphatic hydroxyl groups excluding tert-OH is 1. The van der Waals surface area contributed by atoms with E-state index in [2.05, 4.69) is 17.1 Å². The maximum atomic E-state index is 12.5. The van der Waals surface area contributed by atoms with Gasteiger partial charge in [-0.2, -0.15) is 0 Å². The van der Waals surface area contributed by atoms with Gasteiger partial charge in [0, 0.05) is 17.3 Å². The number of amides is 1. The lowest BCUT2D eigenvalue weighted by molar-refractivity contribution is -0.121. The van der Waals surface area contributed by atoms with Gasteiger partial charge >= 0.3 is 0 Å². The van der Waals surface area contributed by atoms with Gasteiger partial charge in [0.05, 0.1) is 6.04 Å². The minimum atomic E-state index is -0.193. The summed E-state index contributed by atoms with van der Waals surface area (Å²) in [5.74, 6) is -0.0108. The lowest BCUT2D eigenvalue weighted by atomic mass is 9.76. The zero-order valence-corrected chi connectivity index (χ0v) is 15.0. The van der Waals surface area contributed by atoms with E-state index in [9.17, 15) is 9.90 Å². The molecular weight excluding hydrogens is 312 g/mol. The number of carbonyl (C=O) groups excluding carboxylic acids is 1. The van der Waals surface area contributed by atoms with Crippen LogP contribution in [0.1, 0.15) is 38.7 Å². The van der Waals surface area contributed by atoms with E-state index in [1.165, 1.54) is 0 Å². The largest absolute Gasteiger partial charge is 0.396 e. The average Bonchev–Trinajstić information content (AvgIpc) is 2.58. The minimum absolute atomic E-state index is 0.0108. The van der Waals surface area contributed by atoms with Crippen molar-refractivity contribution in [3.05, 3.63) is 28.8 Å². The van der Waals surface area contributed by atoms with E-state index in [0.29, 0.717) is 5.02 Å². The monoisotopic (exact) mass is 338 g/mol. The molecule has 0 aliphatic carbocycles. The smallest absolute Gasteiger partial charge is 0.241 e. The fourth-order valence-corrected chi connectivity index (χ4v) is 3.33. The molecule has 1 fully saturated rings. The molecule has 0 aromatic heterocycles. The first kappa shape index (κ1) is 18.2. The van der Waals surface area contributed by atoms with Gasteiger partial charge in [0.2, 0.25) is 5.91 Å². The van der Waals surface area contributed by atoms with E-state index in [4.69, 9.17) is 11.6 Å². The number of anilines is 1. The normalized spacial score (nSPS) is 19.3. The van der Waals surface area contributed by atoms with Gasteiger partial charge in [0.15, 0.2) is 0 Å². The van der Waals surface area contributed by atoms with Gasteiger partial charge in [-0.05, 0) is 69.3 Å². The first-order chi connectivity index (χ1) is 10.9. The fraction of sp³-hybridized carbons (Fsp3) is 0.611. The van der Waals surface area contributed by atoms with Crippen molar-refractivity contribution in [2.45, 2.75) is 46.1 Å². The van der Waals surface area contributed by atoms with Crippen molar-refractivity contribution in [2.24, 2.45) is 5.41 Å². The summed E-state index contributed by atoms with van der Waals surface area (Å²) < 4.78 is 0. The number of nitrogens with one attached hydrogen (secondary N) is 1. The second-order valence-corrected chi connectivity index (χ2v) is 7.03. The van der Waals surface area contributed by atoms with E-state index < -0.39 is 0 Å². The molecule has 1 aromatic carbocycles. The predicted molar refractivity (Wildman–Crippen MR) is 94.9 cm³/mol. The summed E-state index contributed by atoms with van der Waals surface area (Å²) in [4.78, 5) is 14.7. The van der Waals surface area contributed by atoms with E-state index >= 15 is 0 Å². The molecule has 4 nitrogen and oxygen atoms in total. The van der Waals surface area contributed by atoms with Crippen molar-refractivity contribution >= 4 is 23.2 Å². The van der Waals surface area contributed by atoms with E-state index in [1.807, 2.05) is 32.0 Å². The molecule has 1 saturated heterocycles. The highest BCUT2D eigenvalue weighted by Gasteiger charge is 2.35. The lowest BCUT2D eigenvalue weighted by Gasteiger charge is -2.42. The van der Waals surface area contributed by atoms with Crippen LogP contribution in [0, 0.1) is 12.3 Å². The zero-order chi connectivity index (χ0) is 17.0. The van der Waals surface area contributed by atoms with E-state index in [-0.39, 0.29) is 24.0 Å². The zero-order valence-electron chi connectivity index (χ0n) is 14.2. The lowest BCUT2D eigenvalue weighted by Crippen LogP contribution is -2.49. The molecule has 1 unspecified atom stereocenters. The van der Waals surface area contributed by atoms with Crippen molar-refractivity contribution in [1.29, 1.82) is 0 Å². The summed E-state index contributed by atoms with van der Waals surface area (Å²) in [5, 5.41) is 13.3. The van der Waals surface area contributed by atoms with Crippen molar-refractivity contribution in [1.82, 2.24) is 4.90 Å². The molecule has 128 valence electrons. The maximum Gasteiger partial charge on any atom is 0.241 e. The van der Waals surface area contributed by atoms with Crippen LogP contribution in [0.4, 0.5) is 5.69 Å². The number of piperidine rings is 1. The van der Waals surface area contributed by atoms with Crippen LogP contribution in [0.15, 0.2) is 18.2 Å². The number of rotatable bonds is 5. The maximum absolute atomic E-state index is 12.5. The molecule has 1 heterocycles. The van der Waals surface area contributed by atoms with Crippen LogP contribution in [-0.2, 0) is 4.79 Å². The second kappa shape index (κ2) is 7.65. The average molecular weight is 339 g/mol. The highest BCUT2D eigenvalue weighted by atomic mass is 35.5. The Balaban J connectivity index is 1.97. The number of aliphatic hydroxyl groups is 1. The van der Waals surface area contributed by atoms with Gasteiger partial charge in [0.1, 0.15) is 0 Å². The Hall–Kier alpha value is -1.10. The third-order valence-electron chi connectivity index (χ3n) is 5.40. The topological polar surface area (TPSA) is 52.6 Å². The van der Waals surface area contributed by atoms with Crippen molar-refractivity contribution in [2.75, 3.05) is 25.0 Å². The molecule has 5 heteroatoms. The Kier molecular flexibility index (Phi) is 6.06. The van der Waals surface area contributed by atoms with Gasteiger partial charge in [-0.25, -0.2) is 0 Å². The highest BCUT2D eigenvalue weighted by molar-refractivity contribution is 6.31. The summed E-state index contributed by atoms with van der Waals surface area (Å²) in [5.41, 5.74) is 1.69. The van der Waals surface area contributed by atoms with E-state index in [1.54, 1.807) is 0 Å². The summed E-state index contributed by atoms with van der Waals surface area (Å²) >= 11 is 6.10. The van der Waals surface area contributed by atoms with Gasteiger partial charge in [-0.1, -0.05) is 24.6 Å². The van der Waals surface area contributed by atoms with Crippen LogP contribution < -0.4 is 5.32 Å². The number of halogens is 1. The standard InChI is InChI=1S/C18H27ClN2O2/c1-4-18(12-22)8-10-21(11-9-18)14(3)17(23)20-16-7-5-6-15(19)13(16)2/h5-7,14,22H,4,8-12H2,1-3H3,(H,20,23). The second-order valence-electron chi connectivity index (χ2n) is 6.63. The molecule has 0 saturated carbocycles. The summed E-state index contributed by atoms with van der Waals surface area (Å²) in [7, 11) is 0. The highest BCUT2D eigenvalue weighted by Crippen LogP contribution is 2.35. The number of likely N-dealkylation sites (tertiary alicyclic amines) is 1. The van der Waals surface area contributed by atoms with E-state index in [0.717, 1.165) is 43.6 Å². The minimum Gasteiger partial charge on any atom is -0.396 e. The molecule has 2 rings (SSSR count). The molecule has 0 spiro atoms. The number of hydrogen-bond acceptors (Lipinski definition) is 3. The van der Waals surface area contributed by atoms with Crippen LogP contribution in [0.25, 0.3) is 0 Å². The van der Waals surface area contributed by atoms with Crippen LogP contribution in [0.2, 0.25) is 5.02 Å². The number of nitrogens with zero attached hydrogens (tertiary/aromatic N) is 1. The van der Waals surface area contributed by atoms with Gasteiger partial charge in [-0.3, -0.25) is 9.69 Å². The molecule has 1 atom stereocenters. The van der Waals surface area contributed by atoms with Crippen LogP contribution >= 0.6 is 11.6 Å². The predicted octanol–water partition coefficient (Wildman–Crippen LogP) is 3.46. The molecule has 0 bridgehead atoms. The third-order valence-corrected chi connectivity index (χ3v) is 5.81. The molecule has 1 amide bonds. The Labute approximate surface area is 143 Å². The molecule has 1 aliphatic rings. The van der Waals surface area contributed by atoms with Crippen LogP contribution in [0.3, 0.4) is 0 Å². The van der Waals surface area contributed by atoms with Crippen molar-refractivity contribution in [3.63, 3.8) is 0 Å². The molecule has 23 heavy (non-hydrogen) atoms. The van der Waals surface area contributed by atoms with Crippen LogP contribution in [0.5, 0.6) is 0 Å². The van der Waals surface area contributed by atoms with Gasteiger partial charge in [0.25, 0.3) is 0 Å². The molecule has 0 radical (unpaired) electrons. The number of carbonyl (C=O) groups is 1. The fourth-order valence-electron chi connectivity index (χ4n) is 3.16. The van der Waals surface area contributed by atoms with Crippen molar-refractivity contribution < 1.29 is 9.90 Å². The first-order valence-corrected chi connectivity index (χ1v) is 8.71. The summed E-state index contributed by atoms with van der Waals surface area (Å²) in [6.07, 6.45) is 2.86. The van der Waals surface area contributed by atoms with Gasteiger partial charge < -0.3 is 10.4 Å². The van der Waals surface area contributed by atoms with Crippen LogP contribution in [-0.4, -0.2) is 41.7 Å². The third kappa shape index (κ3) is 4.06. The molecule has 2 N–H and O–H groups in total. The Morgan fingerprint density at radius 2 is 2.09 bits per heavy atom. The Morgan fingerprint density at radius 3 is 2.65 bits per heavy atom. The quantitative estimate of drug-likeness (QED) is 0.864. The molecular formula is C18H27ClN2O2. The van der Waals surface area contributed by atoms with Gasteiger partial charge in [-0.15, -0.1) is 0 Å². The summed E-state index contributed by atoms with van der Waals surface area (Å²) in [6.45, 7) is 7.89. The molecule has 1 aromatic rings.